The lowest BCUT2D eigenvalue weighted by Crippen LogP contribution is -2.45. The van der Waals surface area contributed by atoms with E-state index in [0.29, 0.717) is 12.2 Å². The maximum Gasteiger partial charge on any atom is 0.0726 e. The van der Waals surface area contributed by atoms with Gasteiger partial charge in [0.15, 0.2) is 0 Å². The first-order chi connectivity index (χ1) is 9.60. The van der Waals surface area contributed by atoms with Crippen LogP contribution in [0, 0.1) is 0 Å². The van der Waals surface area contributed by atoms with E-state index in [2.05, 4.69) is 65.1 Å². The van der Waals surface area contributed by atoms with Gasteiger partial charge in [-0.05, 0) is 44.5 Å². The normalized spacial score (nSPS) is 23.1. The second-order valence-corrected chi connectivity index (χ2v) is 6.47. The summed E-state index contributed by atoms with van der Waals surface area (Å²) >= 11 is 3.70. The number of hydrogen-bond donors (Lipinski definition) is 1. The number of anilines is 1. The van der Waals surface area contributed by atoms with Gasteiger partial charge in [-0.3, -0.25) is 0 Å². The van der Waals surface area contributed by atoms with Crippen LogP contribution in [0.2, 0.25) is 0 Å². The molecule has 1 fully saturated rings. The number of nitrogens with one attached hydrogen (secondary N) is 1. The van der Waals surface area contributed by atoms with E-state index in [9.17, 15) is 0 Å². The second-order valence-electron chi connectivity index (χ2n) is 5.61. The van der Waals surface area contributed by atoms with Crippen LogP contribution in [0.4, 0.5) is 5.69 Å². The first-order valence-corrected chi connectivity index (χ1v) is 8.29. The van der Waals surface area contributed by atoms with Gasteiger partial charge in [0.2, 0.25) is 0 Å². The Labute approximate surface area is 130 Å². The van der Waals surface area contributed by atoms with Gasteiger partial charge in [-0.1, -0.05) is 28.9 Å². The van der Waals surface area contributed by atoms with Gasteiger partial charge in [0.25, 0.3) is 0 Å². The summed E-state index contributed by atoms with van der Waals surface area (Å²) < 4.78 is 6.98. The van der Waals surface area contributed by atoms with E-state index in [4.69, 9.17) is 4.74 Å². The van der Waals surface area contributed by atoms with Gasteiger partial charge in [-0.2, -0.15) is 0 Å². The lowest BCUT2D eigenvalue weighted by molar-refractivity contribution is -0.00522. The fourth-order valence-electron chi connectivity index (χ4n) is 2.66. The molecule has 1 aromatic rings. The molecule has 0 amide bonds. The minimum Gasteiger partial charge on any atom is -0.372 e. The van der Waals surface area contributed by atoms with Crippen molar-refractivity contribution in [1.82, 2.24) is 5.32 Å². The molecule has 2 atom stereocenters. The van der Waals surface area contributed by atoms with Crippen molar-refractivity contribution in [3.8, 4) is 0 Å². The molecular formula is C16H25BrN2O. The predicted molar refractivity (Wildman–Crippen MR) is 88.4 cm³/mol. The molecule has 4 heteroatoms. The highest BCUT2D eigenvalue weighted by Gasteiger charge is 2.22. The Morgan fingerprint density at radius 2 is 2.00 bits per heavy atom. The summed E-state index contributed by atoms with van der Waals surface area (Å²) in [5.74, 6) is 0. The molecule has 20 heavy (non-hydrogen) atoms. The Bertz CT molecular complexity index is 428. The minimum absolute atomic E-state index is 0.295. The average molecular weight is 341 g/mol. The van der Waals surface area contributed by atoms with E-state index in [1.807, 2.05) is 0 Å². The highest BCUT2D eigenvalue weighted by molar-refractivity contribution is 9.10. The van der Waals surface area contributed by atoms with E-state index in [1.165, 1.54) is 22.1 Å². The highest BCUT2D eigenvalue weighted by atomic mass is 79.9. The zero-order valence-electron chi connectivity index (χ0n) is 12.7. The van der Waals surface area contributed by atoms with Crippen LogP contribution in [0.1, 0.15) is 32.8 Å². The van der Waals surface area contributed by atoms with Crippen molar-refractivity contribution in [2.45, 2.75) is 45.9 Å². The van der Waals surface area contributed by atoms with Crippen molar-refractivity contribution in [1.29, 1.82) is 0 Å². The Morgan fingerprint density at radius 3 is 2.60 bits per heavy atom. The Balaban J connectivity index is 2.04. The third-order valence-electron chi connectivity index (χ3n) is 3.56. The maximum absolute atomic E-state index is 5.79. The zero-order valence-corrected chi connectivity index (χ0v) is 14.2. The molecule has 0 aliphatic carbocycles. The van der Waals surface area contributed by atoms with Gasteiger partial charge in [0.1, 0.15) is 0 Å². The van der Waals surface area contributed by atoms with Crippen LogP contribution < -0.4 is 10.2 Å². The Kier molecular flexibility index (Phi) is 5.87. The van der Waals surface area contributed by atoms with Gasteiger partial charge >= 0.3 is 0 Å². The fraction of sp³-hybridized carbons (Fsp3) is 0.625. The van der Waals surface area contributed by atoms with Crippen LogP contribution in [0.15, 0.2) is 22.7 Å². The van der Waals surface area contributed by atoms with Crippen LogP contribution in [-0.4, -0.2) is 31.8 Å². The zero-order chi connectivity index (χ0) is 14.5. The number of nitrogens with zero attached hydrogens (tertiary/aromatic N) is 1. The number of rotatable bonds is 5. The van der Waals surface area contributed by atoms with Crippen molar-refractivity contribution >= 4 is 21.6 Å². The van der Waals surface area contributed by atoms with Gasteiger partial charge in [0.05, 0.1) is 12.2 Å². The Hall–Kier alpha value is -0.580. The summed E-state index contributed by atoms with van der Waals surface area (Å²) in [7, 11) is 0. The molecular weight excluding hydrogens is 316 g/mol. The molecule has 1 N–H and O–H groups in total. The van der Waals surface area contributed by atoms with Crippen LogP contribution in [0.5, 0.6) is 0 Å². The van der Waals surface area contributed by atoms with Gasteiger partial charge in [-0.15, -0.1) is 0 Å². The quantitative estimate of drug-likeness (QED) is 0.829. The van der Waals surface area contributed by atoms with E-state index in [-0.39, 0.29) is 0 Å². The lowest BCUT2D eigenvalue weighted by atomic mass is 10.1. The van der Waals surface area contributed by atoms with Gasteiger partial charge in [0, 0.05) is 29.8 Å². The van der Waals surface area contributed by atoms with E-state index in [1.54, 1.807) is 0 Å². The molecule has 1 heterocycles. The summed E-state index contributed by atoms with van der Waals surface area (Å²) in [5, 5.41) is 3.44. The van der Waals surface area contributed by atoms with E-state index in [0.717, 1.165) is 26.2 Å². The standard InChI is InChI=1S/C16H25BrN2O/c1-4-7-18-9-14-5-6-15(8-16(14)17)19-10-12(2)20-13(3)11-19/h5-6,8,12-13,18H,4,7,9-11H2,1-3H3. The van der Waals surface area contributed by atoms with Crippen LogP contribution in [0.25, 0.3) is 0 Å². The fourth-order valence-corrected chi connectivity index (χ4v) is 3.17. The van der Waals surface area contributed by atoms with Gasteiger partial charge < -0.3 is 15.0 Å². The molecule has 3 nitrogen and oxygen atoms in total. The van der Waals surface area contributed by atoms with Crippen molar-refractivity contribution in [2.75, 3.05) is 24.5 Å². The lowest BCUT2D eigenvalue weighted by Gasteiger charge is -2.37. The maximum atomic E-state index is 5.79. The largest absolute Gasteiger partial charge is 0.372 e. The monoisotopic (exact) mass is 340 g/mol. The van der Waals surface area contributed by atoms with Crippen molar-refractivity contribution in [2.24, 2.45) is 0 Å². The third kappa shape index (κ3) is 4.21. The van der Waals surface area contributed by atoms with E-state index >= 15 is 0 Å². The molecule has 0 spiro atoms. The SMILES string of the molecule is CCCNCc1ccc(N2CC(C)OC(C)C2)cc1Br. The summed E-state index contributed by atoms with van der Waals surface area (Å²) in [5.41, 5.74) is 2.59. The molecule has 2 unspecified atom stereocenters. The molecule has 1 saturated heterocycles. The van der Waals surface area contributed by atoms with Gasteiger partial charge in [-0.25, -0.2) is 0 Å². The number of ether oxygens (including phenoxy) is 1. The molecule has 0 radical (unpaired) electrons. The number of morpholine rings is 1. The Morgan fingerprint density at radius 1 is 1.30 bits per heavy atom. The molecule has 0 bridgehead atoms. The van der Waals surface area contributed by atoms with Crippen molar-refractivity contribution < 1.29 is 4.74 Å². The van der Waals surface area contributed by atoms with Crippen LogP contribution in [-0.2, 0) is 11.3 Å². The predicted octanol–water partition coefficient (Wildman–Crippen LogP) is 3.56. The first-order valence-electron chi connectivity index (χ1n) is 7.49. The van der Waals surface area contributed by atoms with Crippen LogP contribution >= 0.6 is 15.9 Å². The average Bonchev–Trinajstić information content (AvgIpc) is 2.39. The highest BCUT2D eigenvalue weighted by Crippen LogP contribution is 2.26. The second kappa shape index (κ2) is 7.43. The molecule has 1 aliphatic heterocycles. The minimum atomic E-state index is 0.295. The van der Waals surface area contributed by atoms with Crippen molar-refractivity contribution in [3.05, 3.63) is 28.2 Å². The topological polar surface area (TPSA) is 24.5 Å². The first kappa shape index (κ1) is 15.8. The van der Waals surface area contributed by atoms with Crippen molar-refractivity contribution in [3.63, 3.8) is 0 Å². The summed E-state index contributed by atoms with van der Waals surface area (Å²) in [6, 6.07) is 6.67. The smallest absolute Gasteiger partial charge is 0.0726 e. The van der Waals surface area contributed by atoms with E-state index < -0.39 is 0 Å². The number of hydrogen-bond acceptors (Lipinski definition) is 3. The summed E-state index contributed by atoms with van der Waals surface area (Å²) in [6.07, 6.45) is 1.76. The third-order valence-corrected chi connectivity index (χ3v) is 4.30. The van der Waals surface area contributed by atoms with Crippen LogP contribution in [0.3, 0.4) is 0 Å². The molecule has 1 aliphatic rings. The molecule has 112 valence electrons. The number of benzene rings is 1. The number of halogens is 1. The molecule has 0 saturated carbocycles. The summed E-state index contributed by atoms with van der Waals surface area (Å²) in [6.45, 7) is 10.4. The molecule has 2 rings (SSSR count). The molecule has 0 aromatic heterocycles. The summed E-state index contributed by atoms with van der Waals surface area (Å²) in [4.78, 5) is 2.41. The molecule has 1 aromatic carbocycles.